The van der Waals surface area contributed by atoms with Crippen LogP contribution in [0.25, 0.3) is 0 Å². The molecule has 3 aliphatic rings. The summed E-state index contributed by atoms with van der Waals surface area (Å²) in [7, 11) is 1.39. The van der Waals surface area contributed by atoms with E-state index in [4.69, 9.17) is 35.9 Å². The Bertz CT molecular complexity index is 816. The SMILES string of the molecule is CO[C@@H]1OC(CSCCNC(=S)N[C@@H]2OC(CO)[C@H](O[C@@H]3OC(CO)[C@H](O)[C@H](O)C3O)[C@H](O)C2O)C(C)C(O)C1O. The van der Waals surface area contributed by atoms with Crippen LogP contribution in [0.4, 0.5) is 0 Å². The van der Waals surface area contributed by atoms with Gasteiger partial charge >= 0.3 is 0 Å². The summed E-state index contributed by atoms with van der Waals surface area (Å²) in [6.45, 7) is 0.822. The second-order valence-electron chi connectivity index (χ2n) is 10.2. The summed E-state index contributed by atoms with van der Waals surface area (Å²) >= 11 is 6.77. The van der Waals surface area contributed by atoms with Gasteiger partial charge in [0.1, 0.15) is 54.9 Å². The zero-order valence-electron chi connectivity index (χ0n) is 22.6. The molecule has 0 saturated carbocycles. The summed E-state index contributed by atoms with van der Waals surface area (Å²) in [6.07, 6.45) is -18.5. The Hall–Kier alpha value is -0.520. The second-order valence-corrected chi connectivity index (χ2v) is 11.7. The highest BCUT2D eigenvalue weighted by atomic mass is 32.2. The maximum absolute atomic E-state index is 10.7. The molecule has 3 heterocycles. The first-order valence-corrected chi connectivity index (χ1v) is 14.8. The average molecular weight is 635 g/mol. The zero-order chi connectivity index (χ0) is 30.4. The number of hydrogen-bond acceptors (Lipinski definition) is 16. The van der Waals surface area contributed by atoms with Gasteiger partial charge < -0.3 is 80.3 Å². The number of methoxy groups -OCH3 is 1. The number of thioether (sulfide) groups is 1. The maximum atomic E-state index is 10.7. The lowest BCUT2D eigenvalue weighted by Crippen LogP contribution is -2.67. The summed E-state index contributed by atoms with van der Waals surface area (Å²) in [5, 5.41) is 96.6. The average Bonchev–Trinajstić information content (AvgIpc) is 2.96. The summed E-state index contributed by atoms with van der Waals surface area (Å²) < 4.78 is 27.3. The van der Waals surface area contributed by atoms with Gasteiger partial charge in [-0.25, -0.2) is 0 Å². The van der Waals surface area contributed by atoms with Gasteiger partial charge in [-0.1, -0.05) is 6.92 Å². The van der Waals surface area contributed by atoms with Crippen LogP contribution in [0.15, 0.2) is 0 Å². The predicted molar refractivity (Wildman–Crippen MR) is 144 cm³/mol. The number of rotatable bonds is 11. The third-order valence-electron chi connectivity index (χ3n) is 7.39. The van der Waals surface area contributed by atoms with E-state index in [1.54, 1.807) is 6.92 Å². The standard InChI is InChI=1S/C23H42N2O14S2/c1-8-11(38-21(35-2)17(33)12(8)28)7-41-4-3-24-23(40)25-20-16(32)15(31)19(10(6-27)36-20)39-22-18(34)14(30)13(29)9(5-26)37-22/h8-22,26-34H,3-7H2,1-2H3,(H2,24,25,40)/t8?,9?,10?,11?,12?,13-,14-,15+,16?,17?,18?,19-,20+,21+,22-/m0/s1. The largest absolute Gasteiger partial charge is 0.394 e. The van der Waals surface area contributed by atoms with Gasteiger partial charge in [0.05, 0.1) is 25.4 Å². The molecule has 41 heavy (non-hydrogen) atoms. The lowest BCUT2D eigenvalue weighted by atomic mass is 9.91. The van der Waals surface area contributed by atoms with Crippen molar-refractivity contribution in [3.05, 3.63) is 0 Å². The molecule has 240 valence electrons. The highest BCUT2D eigenvalue weighted by molar-refractivity contribution is 7.99. The molecule has 0 aromatic rings. The molecule has 15 atom stereocenters. The van der Waals surface area contributed by atoms with Crippen molar-refractivity contribution in [3.63, 3.8) is 0 Å². The van der Waals surface area contributed by atoms with Crippen molar-refractivity contribution in [2.75, 3.05) is 38.4 Å². The lowest BCUT2D eigenvalue weighted by molar-refractivity contribution is -0.342. The summed E-state index contributed by atoms with van der Waals surface area (Å²) in [4.78, 5) is 0. The minimum absolute atomic E-state index is 0.0899. The van der Waals surface area contributed by atoms with Crippen LogP contribution < -0.4 is 10.6 Å². The highest BCUT2D eigenvalue weighted by Gasteiger charge is 2.50. The van der Waals surface area contributed by atoms with Crippen LogP contribution in [-0.4, -0.2) is 175 Å². The van der Waals surface area contributed by atoms with E-state index in [2.05, 4.69) is 10.6 Å². The Morgan fingerprint density at radius 3 is 2.05 bits per heavy atom. The fraction of sp³-hybridized carbons (Fsp3) is 0.957. The Balaban J connectivity index is 1.45. The molecular weight excluding hydrogens is 592 g/mol. The molecule has 8 unspecified atom stereocenters. The first-order valence-electron chi connectivity index (χ1n) is 13.2. The molecule has 3 saturated heterocycles. The Labute approximate surface area is 246 Å². The van der Waals surface area contributed by atoms with Crippen LogP contribution >= 0.6 is 24.0 Å². The molecule has 16 nitrogen and oxygen atoms in total. The molecule has 0 radical (unpaired) electrons. The van der Waals surface area contributed by atoms with Crippen molar-refractivity contribution >= 4 is 29.1 Å². The molecule has 0 bridgehead atoms. The van der Waals surface area contributed by atoms with Crippen LogP contribution in [-0.2, 0) is 23.7 Å². The summed E-state index contributed by atoms with van der Waals surface area (Å²) in [6, 6.07) is 0. The topological polar surface area (TPSA) is 252 Å². The third-order valence-corrected chi connectivity index (χ3v) is 8.71. The maximum Gasteiger partial charge on any atom is 0.187 e. The normalized spacial score (nSPS) is 45.3. The molecule has 11 N–H and O–H groups in total. The van der Waals surface area contributed by atoms with Crippen molar-refractivity contribution in [2.24, 2.45) is 5.92 Å². The van der Waals surface area contributed by atoms with Gasteiger partial charge in [-0.3, -0.25) is 0 Å². The van der Waals surface area contributed by atoms with Gasteiger partial charge in [0.15, 0.2) is 23.9 Å². The fourth-order valence-corrected chi connectivity index (χ4v) is 6.03. The van der Waals surface area contributed by atoms with Gasteiger partial charge in [0.2, 0.25) is 0 Å². The minimum Gasteiger partial charge on any atom is -0.394 e. The van der Waals surface area contributed by atoms with E-state index in [0.29, 0.717) is 18.1 Å². The van der Waals surface area contributed by atoms with Gasteiger partial charge in [-0.2, -0.15) is 11.8 Å². The van der Waals surface area contributed by atoms with Crippen LogP contribution in [0.5, 0.6) is 0 Å². The van der Waals surface area contributed by atoms with Crippen molar-refractivity contribution < 1.29 is 69.6 Å². The van der Waals surface area contributed by atoms with E-state index >= 15 is 0 Å². The van der Waals surface area contributed by atoms with Crippen molar-refractivity contribution in [1.29, 1.82) is 0 Å². The Morgan fingerprint density at radius 1 is 0.780 bits per heavy atom. The predicted octanol–water partition coefficient (Wildman–Crippen LogP) is -5.46. The fourth-order valence-electron chi connectivity index (χ4n) is 4.78. The van der Waals surface area contributed by atoms with Gasteiger partial charge in [-0.05, 0) is 12.2 Å². The second kappa shape index (κ2) is 16.0. The molecule has 3 aliphatic heterocycles. The summed E-state index contributed by atoms with van der Waals surface area (Å²) in [5.74, 6) is 0.802. The van der Waals surface area contributed by atoms with E-state index in [0.717, 1.165) is 0 Å². The van der Waals surface area contributed by atoms with Crippen molar-refractivity contribution in [3.8, 4) is 0 Å². The lowest BCUT2D eigenvalue weighted by Gasteiger charge is -2.46. The number of thiocarbonyl (C=S) groups is 1. The van der Waals surface area contributed by atoms with E-state index in [-0.39, 0.29) is 17.1 Å². The number of aliphatic hydroxyl groups is 9. The van der Waals surface area contributed by atoms with Crippen molar-refractivity contribution in [2.45, 2.75) is 92.9 Å². The minimum atomic E-state index is -1.76. The molecule has 3 fully saturated rings. The van der Waals surface area contributed by atoms with Crippen LogP contribution in [0.1, 0.15) is 6.92 Å². The third kappa shape index (κ3) is 8.35. The number of ether oxygens (including phenoxy) is 5. The van der Waals surface area contributed by atoms with Gasteiger partial charge in [-0.15, -0.1) is 0 Å². The van der Waals surface area contributed by atoms with E-state index in [1.165, 1.54) is 18.9 Å². The first-order chi connectivity index (χ1) is 19.4. The monoisotopic (exact) mass is 634 g/mol. The Kier molecular flexibility index (Phi) is 13.6. The quantitative estimate of drug-likeness (QED) is 0.0749. The zero-order valence-corrected chi connectivity index (χ0v) is 24.2. The molecule has 0 aromatic heterocycles. The van der Waals surface area contributed by atoms with Crippen LogP contribution in [0, 0.1) is 5.92 Å². The molecule has 3 rings (SSSR count). The van der Waals surface area contributed by atoms with Gasteiger partial charge in [0.25, 0.3) is 0 Å². The highest BCUT2D eigenvalue weighted by Crippen LogP contribution is 2.30. The Morgan fingerprint density at radius 2 is 1.41 bits per heavy atom. The first kappa shape index (κ1) is 35.0. The number of aliphatic hydroxyl groups excluding tert-OH is 9. The molecule has 0 aromatic carbocycles. The summed E-state index contributed by atoms with van der Waals surface area (Å²) in [5.41, 5.74) is 0. The van der Waals surface area contributed by atoms with Crippen molar-refractivity contribution in [1.82, 2.24) is 10.6 Å². The van der Waals surface area contributed by atoms with Crippen LogP contribution in [0.2, 0.25) is 0 Å². The molecule has 0 aliphatic carbocycles. The number of nitrogens with one attached hydrogen (secondary N) is 2. The number of hydrogen-bond donors (Lipinski definition) is 11. The van der Waals surface area contributed by atoms with Gasteiger partial charge in [0, 0.05) is 31.1 Å². The van der Waals surface area contributed by atoms with Crippen LogP contribution in [0.3, 0.4) is 0 Å². The molecule has 18 heteroatoms. The van der Waals surface area contributed by atoms with E-state index in [1.807, 2.05) is 0 Å². The smallest absolute Gasteiger partial charge is 0.187 e. The van der Waals surface area contributed by atoms with E-state index in [9.17, 15) is 46.0 Å². The molecular formula is C23H42N2O14S2. The molecule has 0 amide bonds. The van der Waals surface area contributed by atoms with E-state index < -0.39 is 93.1 Å². The molecule has 0 spiro atoms.